The first-order valence-electron chi connectivity index (χ1n) is 8.61. The zero-order chi connectivity index (χ0) is 19.4. The van der Waals surface area contributed by atoms with E-state index in [9.17, 15) is 18.0 Å². The van der Waals surface area contributed by atoms with Crippen LogP contribution in [-0.2, 0) is 10.9 Å². The molecule has 1 atom stereocenters. The van der Waals surface area contributed by atoms with E-state index in [-0.39, 0.29) is 17.6 Å². The number of rotatable bonds is 4. The summed E-state index contributed by atoms with van der Waals surface area (Å²) in [5.41, 5.74) is 0.458. The van der Waals surface area contributed by atoms with Crippen molar-refractivity contribution in [1.29, 1.82) is 0 Å². The molecule has 2 aromatic rings. The van der Waals surface area contributed by atoms with E-state index in [0.717, 1.165) is 23.4 Å². The second kappa shape index (κ2) is 8.00. The van der Waals surface area contributed by atoms with Crippen molar-refractivity contribution >= 4 is 5.91 Å². The maximum Gasteiger partial charge on any atom is 0.416 e. The van der Waals surface area contributed by atoms with Crippen LogP contribution in [-0.4, -0.2) is 43.2 Å². The number of morpholine rings is 1. The van der Waals surface area contributed by atoms with Crippen molar-refractivity contribution in [3.63, 3.8) is 0 Å². The number of nitrogens with zero attached hydrogens (tertiary/aromatic N) is 1. The summed E-state index contributed by atoms with van der Waals surface area (Å²) >= 11 is 0. The van der Waals surface area contributed by atoms with Crippen LogP contribution >= 0.6 is 0 Å². The fourth-order valence-corrected chi connectivity index (χ4v) is 2.89. The molecule has 1 heterocycles. The molecule has 0 spiro atoms. The lowest BCUT2D eigenvalue weighted by Gasteiger charge is -2.33. The quantitative estimate of drug-likeness (QED) is 0.808. The summed E-state index contributed by atoms with van der Waals surface area (Å²) < 4.78 is 49.4. The predicted octanol–water partition coefficient (Wildman–Crippen LogP) is 3.93. The molecule has 1 amide bonds. The summed E-state index contributed by atoms with van der Waals surface area (Å²) in [6.45, 7) is 3.31. The number of aryl methyl sites for hydroxylation is 1. The van der Waals surface area contributed by atoms with E-state index in [0.29, 0.717) is 26.3 Å². The standard InChI is InChI=1S/C20H20F3NO3/c1-14-4-2-3-5-18(14)27-13-17-12-24(10-11-26-17)19(25)15-6-8-16(9-7-15)20(21,22)23/h2-9,17H,10-13H2,1H3. The van der Waals surface area contributed by atoms with Crippen LogP contribution in [0.4, 0.5) is 13.2 Å². The molecule has 0 saturated carbocycles. The normalized spacial score (nSPS) is 17.6. The van der Waals surface area contributed by atoms with Crippen LogP contribution in [0.3, 0.4) is 0 Å². The molecule has 27 heavy (non-hydrogen) atoms. The highest BCUT2D eigenvalue weighted by Crippen LogP contribution is 2.29. The highest BCUT2D eigenvalue weighted by atomic mass is 19.4. The lowest BCUT2D eigenvalue weighted by molar-refractivity contribution is -0.137. The Labute approximate surface area is 155 Å². The minimum atomic E-state index is -4.42. The van der Waals surface area contributed by atoms with Gasteiger partial charge in [0.1, 0.15) is 18.5 Å². The van der Waals surface area contributed by atoms with Gasteiger partial charge in [0.05, 0.1) is 18.7 Å². The summed E-state index contributed by atoms with van der Waals surface area (Å²) in [4.78, 5) is 14.2. The summed E-state index contributed by atoms with van der Waals surface area (Å²) in [7, 11) is 0. The summed E-state index contributed by atoms with van der Waals surface area (Å²) in [6, 6.07) is 11.9. The fourth-order valence-electron chi connectivity index (χ4n) is 2.89. The van der Waals surface area contributed by atoms with Gasteiger partial charge in [0, 0.05) is 12.1 Å². The monoisotopic (exact) mass is 379 g/mol. The van der Waals surface area contributed by atoms with Crippen molar-refractivity contribution in [3.05, 3.63) is 65.2 Å². The van der Waals surface area contributed by atoms with Gasteiger partial charge in [0.2, 0.25) is 0 Å². The van der Waals surface area contributed by atoms with Gasteiger partial charge in [-0.1, -0.05) is 18.2 Å². The molecule has 3 rings (SSSR count). The molecule has 1 fully saturated rings. The van der Waals surface area contributed by atoms with Crippen molar-refractivity contribution in [3.8, 4) is 5.75 Å². The van der Waals surface area contributed by atoms with Crippen LogP contribution in [0.15, 0.2) is 48.5 Å². The zero-order valence-electron chi connectivity index (χ0n) is 14.8. The van der Waals surface area contributed by atoms with E-state index in [1.807, 2.05) is 31.2 Å². The molecule has 0 N–H and O–H groups in total. The highest BCUT2D eigenvalue weighted by molar-refractivity contribution is 5.94. The molecule has 2 aromatic carbocycles. The summed E-state index contributed by atoms with van der Waals surface area (Å²) in [5.74, 6) is 0.445. The van der Waals surface area contributed by atoms with Crippen LogP contribution < -0.4 is 4.74 Å². The number of hydrogen-bond donors (Lipinski definition) is 0. The van der Waals surface area contributed by atoms with Gasteiger partial charge in [-0.3, -0.25) is 4.79 Å². The number of benzene rings is 2. The number of ether oxygens (including phenoxy) is 2. The fraction of sp³-hybridized carbons (Fsp3) is 0.350. The average Bonchev–Trinajstić information content (AvgIpc) is 2.66. The molecule has 1 saturated heterocycles. The van der Waals surface area contributed by atoms with Crippen molar-refractivity contribution in [2.45, 2.75) is 19.2 Å². The van der Waals surface area contributed by atoms with Gasteiger partial charge in [0.25, 0.3) is 5.91 Å². The Morgan fingerprint density at radius 3 is 2.56 bits per heavy atom. The number of hydrogen-bond acceptors (Lipinski definition) is 3. The SMILES string of the molecule is Cc1ccccc1OCC1CN(C(=O)c2ccc(C(F)(F)F)cc2)CCO1. The number of amides is 1. The van der Waals surface area contributed by atoms with Gasteiger partial charge in [-0.05, 0) is 42.8 Å². The molecule has 1 unspecified atom stereocenters. The lowest BCUT2D eigenvalue weighted by Crippen LogP contribution is -2.47. The van der Waals surface area contributed by atoms with Crippen molar-refractivity contribution in [2.24, 2.45) is 0 Å². The second-order valence-corrected chi connectivity index (χ2v) is 6.40. The van der Waals surface area contributed by atoms with Crippen molar-refractivity contribution in [2.75, 3.05) is 26.3 Å². The van der Waals surface area contributed by atoms with E-state index in [4.69, 9.17) is 9.47 Å². The third-order valence-electron chi connectivity index (χ3n) is 4.40. The zero-order valence-corrected chi connectivity index (χ0v) is 14.8. The van der Waals surface area contributed by atoms with Crippen molar-refractivity contribution < 1.29 is 27.4 Å². The van der Waals surface area contributed by atoms with Gasteiger partial charge in [0.15, 0.2) is 0 Å². The molecule has 7 heteroatoms. The van der Waals surface area contributed by atoms with E-state index < -0.39 is 11.7 Å². The summed E-state index contributed by atoms with van der Waals surface area (Å²) in [6.07, 6.45) is -4.71. The van der Waals surface area contributed by atoms with E-state index >= 15 is 0 Å². The molecule has 0 aliphatic carbocycles. The number of carbonyl (C=O) groups is 1. The Morgan fingerprint density at radius 1 is 1.19 bits per heavy atom. The second-order valence-electron chi connectivity index (χ2n) is 6.40. The molecule has 0 bridgehead atoms. The summed E-state index contributed by atoms with van der Waals surface area (Å²) in [5, 5.41) is 0. The van der Waals surface area contributed by atoms with Gasteiger partial charge in [-0.2, -0.15) is 13.2 Å². The largest absolute Gasteiger partial charge is 0.491 e. The first-order valence-corrected chi connectivity index (χ1v) is 8.61. The Kier molecular flexibility index (Phi) is 5.70. The third kappa shape index (κ3) is 4.80. The topological polar surface area (TPSA) is 38.8 Å². The smallest absolute Gasteiger partial charge is 0.416 e. The average molecular weight is 379 g/mol. The molecule has 4 nitrogen and oxygen atoms in total. The highest BCUT2D eigenvalue weighted by Gasteiger charge is 2.31. The Balaban J connectivity index is 1.60. The van der Waals surface area contributed by atoms with Crippen LogP contribution in [0.25, 0.3) is 0 Å². The van der Waals surface area contributed by atoms with Gasteiger partial charge in [-0.25, -0.2) is 0 Å². The van der Waals surface area contributed by atoms with Crippen LogP contribution in [0.5, 0.6) is 5.75 Å². The van der Waals surface area contributed by atoms with Crippen LogP contribution in [0.2, 0.25) is 0 Å². The van der Waals surface area contributed by atoms with Crippen LogP contribution in [0.1, 0.15) is 21.5 Å². The molecule has 1 aliphatic rings. The van der Waals surface area contributed by atoms with E-state index in [1.54, 1.807) is 4.90 Å². The van der Waals surface area contributed by atoms with E-state index in [2.05, 4.69) is 0 Å². The Morgan fingerprint density at radius 2 is 1.89 bits per heavy atom. The Hall–Kier alpha value is -2.54. The first-order chi connectivity index (χ1) is 12.8. The first kappa shape index (κ1) is 19.2. The molecule has 0 aromatic heterocycles. The predicted molar refractivity (Wildman–Crippen MR) is 93.8 cm³/mol. The molecule has 144 valence electrons. The number of para-hydroxylation sites is 1. The molecular weight excluding hydrogens is 359 g/mol. The van der Waals surface area contributed by atoms with Gasteiger partial charge >= 0.3 is 6.18 Å². The number of carbonyl (C=O) groups excluding carboxylic acids is 1. The Bertz CT molecular complexity index is 790. The van der Waals surface area contributed by atoms with Crippen LogP contribution in [0, 0.1) is 6.92 Å². The number of halogens is 3. The minimum absolute atomic E-state index is 0.225. The lowest BCUT2D eigenvalue weighted by atomic mass is 10.1. The van der Waals surface area contributed by atoms with Gasteiger partial charge in [-0.15, -0.1) is 0 Å². The molecule has 0 radical (unpaired) electrons. The maximum absolute atomic E-state index is 12.7. The number of alkyl halides is 3. The third-order valence-corrected chi connectivity index (χ3v) is 4.40. The molecule has 1 aliphatic heterocycles. The minimum Gasteiger partial charge on any atom is -0.491 e. The van der Waals surface area contributed by atoms with E-state index in [1.165, 1.54) is 12.1 Å². The van der Waals surface area contributed by atoms with Crippen molar-refractivity contribution in [1.82, 2.24) is 4.90 Å². The van der Waals surface area contributed by atoms with Gasteiger partial charge < -0.3 is 14.4 Å². The maximum atomic E-state index is 12.7. The molecular formula is C20H20F3NO3.